The average molecular weight is 496 g/mol. The largest absolute Gasteiger partial charge is 0.480 e. The first-order chi connectivity index (χ1) is 16.7. The highest BCUT2D eigenvalue weighted by atomic mass is 32.2. The Morgan fingerprint density at radius 3 is 2.49 bits per heavy atom. The minimum absolute atomic E-state index is 0.0135. The van der Waals surface area contributed by atoms with Gasteiger partial charge in [-0.3, -0.25) is 20.2 Å². The highest BCUT2D eigenvalue weighted by Gasteiger charge is 2.32. The number of carboxylic acid groups (broad SMARTS) is 1. The van der Waals surface area contributed by atoms with Gasteiger partial charge in [0, 0.05) is 18.6 Å². The molecule has 13 nitrogen and oxygen atoms in total. The van der Waals surface area contributed by atoms with E-state index in [1.165, 1.54) is 6.07 Å². The third kappa shape index (κ3) is 5.97. The quantitative estimate of drug-likeness (QED) is 0.179. The van der Waals surface area contributed by atoms with Crippen LogP contribution in [0.15, 0.2) is 53.7 Å². The molecule has 14 heteroatoms. The van der Waals surface area contributed by atoms with Crippen LogP contribution in [0.3, 0.4) is 0 Å². The number of ether oxygens (including phenoxy) is 1. The topological polar surface area (TPSA) is 194 Å². The number of nitro benzene ring substituents is 1. The number of nitriles is 1. The molecule has 1 aromatic heterocycles. The lowest BCUT2D eigenvalue weighted by atomic mass is 10.1. The second-order valence-electron chi connectivity index (χ2n) is 6.85. The molecule has 0 bridgehead atoms. The molecule has 35 heavy (non-hydrogen) atoms. The zero-order chi connectivity index (χ0) is 25.5. The van der Waals surface area contributed by atoms with E-state index in [-0.39, 0.29) is 17.1 Å². The van der Waals surface area contributed by atoms with Crippen molar-refractivity contribution >= 4 is 34.9 Å². The smallest absolute Gasteiger partial charge is 0.373 e. The van der Waals surface area contributed by atoms with E-state index in [2.05, 4.69) is 15.3 Å². The van der Waals surface area contributed by atoms with E-state index in [1.54, 1.807) is 42.7 Å². The Morgan fingerprint density at radius 2 is 1.91 bits per heavy atom. The Labute approximate surface area is 201 Å². The van der Waals surface area contributed by atoms with Gasteiger partial charge in [0.15, 0.2) is 5.16 Å². The van der Waals surface area contributed by atoms with E-state index in [0.717, 1.165) is 23.9 Å². The number of thioether (sulfide) groups is 1. The molecule has 1 unspecified atom stereocenters. The fraction of sp³-hybridized carbons (Fsp3) is 0.143. The van der Waals surface area contributed by atoms with Gasteiger partial charge in [0.05, 0.1) is 21.5 Å². The molecular formula is C21H16N6O7S. The number of hydrogen-bond donors (Lipinski definition) is 2. The molecule has 0 saturated heterocycles. The fourth-order valence-corrected chi connectivity index (χ4v) is 3.33. The van der Waals surface area contributed by atoms with Gasteiger partial charge in [-0.05, 0) is 17.9 Å². The molecule has 178 valence electrons. The first-order valence-corrected chi connectivity index (χ1v) is 11.0. The summed E-state index contributed by atoms with van der Waals surface area (Å²) in [6.45, 7) is 0. The van der Waals surface area contributed by atoms with E-state index >= 15 is 0 Å². The lowest BCUT2D eigenvalue weighted by Gasteiger charge is -2.16. The third-order valence-corrected chi connectivity index (χ3v) is 5.13. The minimum Gasteiger partial charge on any atom is -0.480 e. The maximum atomic E-state index is 11.9. The molecule has 2 aromatic carbocycles. The number of anilines is 1. The van der Waals surface area contributed by atoms with E-state index < -0.39 is 50.7 Å². The molecule has 1 atom stereocenters. The van der Waals surface area contributed by atoms with Gasteiger partial charge in [-0.15, -0.1) is 0 Å². The molecule has 0 radical (unpaired) electrons. The van der Waals surface area contributed by atoms with E-state index in [9.17, 15) is 30.1 Å². The molecule has 0 amide bonds. The number of rotatable bonds is 10. The van der Waals surface area contributed by atoms with Gasteiger partial charge in [-0.2, -0.15) is 15.2 Å². The Kier molecular flexibility index (Phi) is 7.74. The SMILES string of the molecule is CSc1nc(NC(Cc2ccccc2)C(=O)O)c([N+](=O)[O-])c(Oc2cc(C#N)ccc2[N+](=O)[O-])n1. The van der Waals surface area contributed by atoms with Crippen LogP contribution in [0.2, 0.25) is 0 Å². The number of carbonyl (C=O) groups is 1. The lowest BCUT2D eigenvalue weighted by molar-refractivity contribution is -0.387. The summed E-state index contributed by atoms with van der Waals surface area (Å²) >= 11 is 0.987. The lowest BCUT2D eigenvalue weighted by Crippen LogP contribution is -2.32. The summed E-state index contributed by atoms with van der Waals surface area (Å²) in [6.07, 6.45) is 1.56. The Morgan fingerprint density at radius 1 is 1.20 bits per heavy atom. The number of nitro groups is 2. The van der Waals surface area contributed by atoms with E-state index in [1.807, 2.05) is 0 Å². The van der Waals surface area contributed by atoms with Crippen LogP contribution in [0.4, 0.5) is 17.2 Å². The van der Waals surface area contributed by atoms with Crippen LogP contribution in [0, 0.1) is 31.6 Å². The van der Waals surface area contributed by atoms with Crippen molar-refractivity contribution in [3.8, 4) is 17.7 Å². The number of aliphatic carboxylic acids is 1. The zero-order valence-electron chi connectivity index (χ0n) is 17.9. The van der Waals surface area contributed by atoms with Crippen molar-refractivity contribution in [1.29, 1.82) is 5.26 Å². The van der Waals surface area contributed by atoms with Crippen LogP contribution in [0.5, 0.6) is 11.6 Å². The third-order valence-electron chi connectivity index (χ3n) is 4.58. The molecule has 0 fully saturated rings. The van der Waals surface area contributed by atoms with Crippen molar-refractivity contribution in [1.82, 2.24) is 9.97 Å². The van der Waals surface area contributed by atoms with Gasteiger partial charge in [0.1, 0.15) is 6.04 Å². The molecule has 3 aromatic rings. The van der Waals surface area contributed by atoms with Gasteiger partial charge in [-0.25, -0.2) is 4.79 Å². The molecule has 1 heterocycles. The van der Waals surface area contributed by atoms with Gasteiger partial charge in [0.2, 0.25) is 11.6 Å². The first-order valence-electron chi connectivity index (χ1n) is 9.73. The predicted octanol–water partition coefficient (Wildman–Crippen LogP) is 3.79. The Bertz CT molecular complexity index is 1330. The van der Waals surface area contributed by atoms with Crippen molar-refractivity contribution in [2.24, 2.45) is 0 Å². The maximum absolute atomic E-state index is 11.9. The van der Waals surface area contributed by atoms with Crippen molar-refractivity contribution in [2.45, 2.75) is 17.6 Å². The Balaban J connectivity index is 2.09. The van der Waals surface area contributed by atoms with Crippen molar-refractivity contribution < 1.29 is 24.5 Å². The second-order valence-corrected chi connectivity index (χ2v) is 7.62. The first kappa shape index (κ1) is 24.9. The molecule has 0 aliphatic rings. The van der Waals surface area contributed by atoms with E-state index in [0.29, 0.717) is 5.56 Å². The Hall–Kier alpha value is -4.77. The van der Waals surface area contributed by atoms with Crippen LogP contribution >= 0.6 is 11.8 Å². The van der Waals surface area contributed by atoms with Gasteiger partial charge >= 0.3 is 23.2 Å². The number of hydrogen-bond acceptors (Lipinski definition) is 11. The highest BCUT2D eigenvalue weighted by Crippen LogP contribution is 2.39. The molecule has 3 rings (SSSR count). The molecule has 0 saturated carbocycles. The zero-order valence-corrected chi connectivity index (χ0v) is 18.8. The molecule has 0 aliphatic carbocycles. The van der Waals surface area contributed by atoms with Crippen LogP contribution in [-0.4, -0.2) is 43.2 Å². The summed E-state index contributed by atoms with van der Waals surface area (Å²) in [4.78, 5) is 41.6. The second kappa shape index (κ2) is 10.9. The van der Waals surface area contributed by atoms with Gasteiger partial charge in [-0.1, -0.05) is 42.1 Å². The molecular weight excluding hydrogens is 480 g/mol. The normalized spacial score (nSPS) is 11.2. The number of nitrogens with one attached hydrogen (secondary N) is 1. The van der Waals surface area contributed by atoms with E-state index in [4.69, 9.17) is 10.00 Å². The van der Waals surface area contributed by atoms with Crippen LogP contribution in [-0.2, 0) is 11.2 Å². The van der Waals surface area contributed by atoms with Crippen LogP contribution in [0.25, 0.3) is 0 Å². The van der Waals surface area contributed by atoms with Crippen LogP contribution in [0.1, 0.15) is 11.1 Å². The fourth-order valence-electron chi connectivity index (χ4n) is 2.98. The number of nitrogens with zero attached hydrogens (tertiary/aromatic N) is 5. The molecule has 2 N–H and O–H groups in total. The summed E-state index contributed by atoms with van der Waals surface area (Å²) in [5, 5.41) is 44.7. The predicted molar refractivity (Wildman–Crippen MR) is 124 cm³/mol. The monoisotopic (exact) mass is 496 g/mol. The molecule has 0 aliphatic heterocycles. The summed E-state index contributed by atoms with van der Waals surface area (Å²) in [5.41, 5.74) is -0.697. The maximum Gasteiger partial charge on any atom is 0.373 e. The molecule has 0 spiro atoms. The summed E-state index contributed by atoms with van der Waals surface area (Å²) in [7, 11) is 0. The van der Waals surface area contributed by atoms with Crippen molar-refractivity contribution in [3.05, 3.63) is 79.9 Å². The number of carboxylic acids is 1. The number of aromatic nitrogens is 2. The number of benzene rings is 2. The summed E-state index contributed by atoms with van der Waals surface area (Å²) in [6, 6.07) is 12.4. The van der Waals surface area contributed by atoms with Gasteiger partial charge < -0.3 is 15.2 Å². The van der Waals surface area contributed by atoms with Crippen molar-refractivity contribution in [3.63, 3.8) is 0 Å². The minimum atomic E-state index is -1.30. The summed E-state index contributed by atoms with van der Waals surface area (Å²) < 4.78 is 5.46. The summed E-state index contributed by atoms with van der Waals surface area (Å²) in [5.74, 6) is -2.83. The average Bonchev–Trinajstić information content (AvgIpc) is 2.83. The van der Waals surface area contributed by atoms with Gasteiger partial charge in [0.25, 0.3) is 0 Å². The highest BCUT2D eigenvalue weighted by molar-refractivity contribution is 7.98. The van der Waals surface area contributed by atoms with Crippen LogP contribution < -0.4 is 10.1 Å². The van der Waals surface area contributed by atoms with Crippen molar-refractivity contribution in [2.75, 3.05) is 11.6 Å². The standard InChI is InChI=1S/C21H16N6O7S/c1-35-21-24-18(23-14(20(28)29)9-12-5-3-2-4-6-12)17(27(32)33)19(25-21)34-16-10-13(11-22)7-8-15(16)26(30)31/h2-8,10,14H,9H2,1H3,(H,28,29)(H,23,24,25).